The van der Waals surface area contributed by atoms with Crippen LogP contribution in [0.4, 0.5) is 0 Å². The molecule has 4 nitrogen and oxygen atoms in total. The molecule has 0 bridgehead atoms. The molecule has 0 radical (unpaired) electrons. The summed E-state index contributed by atoms with van der Waals surface area (Å²) in [5, 5.41) is 0. The monoisotopic (exact) mass is 149 g/mol. The standard InChI is InChI=1S/C4H7NO3S/c1-5-3-9(7,8)2-4(5)6/h2-3H2,1H3. The van der Waals surface area contributed by atoms with Crippen molar-refractivity contribution >= 4 is 15.7 Å². The van der Waals surface area contributed by atoms with Gasteiger partial charge in [-0.05, 0) is 0 Å². The normalized spacial score (nSPS) is 25.0. The zero-order chi connectivity index (χ0) is 7.07. The Kier molecular flexibility index (Phi) is 1.23. The summed E-state index contributed by atoms with van der Waals surface area (Å²) in [4.78, 5) is 11.7. The van der Waals surface area contributed by atoms with Crippen LogP contribution in [-0.4, -0.2) is 37.9 Å². The summed E-state index contributed by atoms with van der Waals surface area (Å²) < 4.78 is 21.2. The van der Waals surface area contributed by atoms with Crippen molar-refractivity contribution in [3.8, 4) is 0 Å². The lowest BCUT2D eigenvalue weighted by Crippen LogP contribution is -2.19. The van der Waals surface area contributed by atoms with Crippen LogP contribution in [0, 0.1) is 0 Å². The van der Waals surface area contributed by atoms with E-state index < -0.39 is 9.84 Å². The van der Waals surface area contributed by atoms with Crippen molar-refractivity contribution in [3.63, 3.8) is 0 Å². The first-order valence-corrected chi connectivity index (χ1v) is 4.28. The lowest BCUT2D eigenvalue weighted by molar-refractivity contribution is -0.125. The minimum atomic E-state index is -3.07. The van der Waals surface area contributed by atoms with E-state index in [1.54, 1.807) is 0 Å². The quantitative estimate of drug-likeness (QED) is 0.436. The van der Waals surface area contributed by atoms with Crippen LogP contribution in [0.2, 0.25) is 0 Å². The minimum Gasteiger partial charge on any atom is -0.330 e. The van der Waals surface area contributed by atoms with E-state index in [4.69, 9.17) is 0 Å². The molecular weight excluding hydrogens is 142 g/mol. The highest BCUT2D eigenvalue weighted by Crippen LogP contribution is 2.04. The van der Waals surface area contributed by atoms with Gasteiger partial charge in [0.25, 0.3) is 0 Å². The molecule has 1 aliphatic rings. The van der Waals surface area contributed by atoms with Crippen molar-refractivity contribution < 1.29 is 13.2 Å². The number of carbonyl (C=O) groups is 1. The summed E-state index contributed by atoms with van der Waals surface area (Å²) in [5.41, 5.74) is 0. The first-order valence-electron chi connectivity index (χ1n) is 2.46. The van der Waals surface area contributed by atoms with Crippen LogP contribution in [0.3, 0.4) is 0 Å². The average molecular weight is 149 g/mol. The summed E-state index contributed by atoms with van der Waals surface area (Å²) >= 11 is 0. The predicted molar refractivity (Wildman–Crippen MR) is 31.4 cm³/mol. The predicted octanol–water partition coefficient (Wildman–Crippen LogP) is -1.17. The second kappa shape index (κ2) is 1.70. The smallest absolute Gasteiger partial charge is 0.238 e. The van der Waals surface area contributed by atoms with Crippen LogP contribution in [-0.2, 0) is 14.6 Å². The van der Waals surface area contributed by atoms with Crippen LogP contribution >= 0.6 is 0 Å². The molecular formula is C4H7NO3S. The van der Waals surface area contributed by atoms with E-state index in [1.165, 1.54) is 11.9 Å². The van der Waals surface area contributed by atoms with Gasteiger partial charge in [0.2, 0.25) is 5.91 Å². The third kappa shape index (κ3) is 1.21. The molecule has 0 N–H and O–H groups in total. The van der Waals surface area contributed by atoms with Gasteiger partial charge in [0.15, 0.2) is 9.84 Å². The fourth-order valence-corrected chi connectivity index (χ4v) is 2.13. The van der Waals surface area contributed by atoms with Crippen molar-refractivity contribution in [2.24, 2.45) is 0 Å². The first kappa shape index (κ1) is 6.54. The first-order chi connectivity index (χ1) is 4.01. The number of sulfone groups is 1. The molecule has 0 aromatic carbocycles. The Bertz CT molecular complexity index is 230. The molecule has 0 unspecified atom stereocenters. The Morgan fingerprint density at radius 3 is 2.22 bits per heavy atom. The maximum atomic E-state index is 10.6. The summed E-state index contributed by atoms with van der Waals surface area (Å²) in [6, 6.07) is 0. The van der Waals surface area contributed by atoms with Gasteiger partial charge >= 0.3 is 0 Å². The highest BCUT2D eigenvalue weighted by atomic mass is 32.2. The summed E-state index contributed by atoms with van der Waals surface area (Å²) in [7, 11) is -1.59. The zero-order valence-electron chi connectivity index (χ0n) is 4.99. The van der Waals surface area contributed by atoms with E-state index in [0.29, 0.717) is 0 Å². The van der Waals surface area contributed by atoms with Gasteiger partial charge in [-0.1, -0.05) is 0 Å². The molecule has 1 fully saturated rings. The number of nitrogens with zero attached hydrogens (tertiary/aromatic N) is 1. The van der Waals surface area contributed by atoms with Crippen molar-refractivity contribution in [1.82, 2.24) is 4.90 Å². The summed E-state index contributed by atoms with van der Waals surface area (Å²) in [6.45, 7) is 0. The summed E-state index contributed by atoms with van der Waals surface area (Å²) in [5.74, 6) is -0.745. The van der Waals surface area contributed by atoms with Crippen LogP contribution in [0.25, 0.3) is 0 Å². The number of rotatable bonds is 0. The largest absolute Gasteiger partial charge is 0.330 e. The topological polar surface area (TPSA) is 54.5 Å². The second-order valence-electron chi connectivity index (χ2n) is 2.11. The molecule has 5 heteroatoms. The Morgan fingerprint density at radius 2 is 2.11 bits per heavy atom. The molecule has 0 saturated carbocycles. The second-order valence-corrected chi connectivity index (χ2v) is 4.14. The van der Waals surface area contributed by atoms with Crippen LogP contribution in [0.1, 0.15) is 0 Å². The number of carbonyl (C=O) groups excluding carboxylic acids is 1. The SMILES string of the molecule is CN1CS(=O)(=O)CC1=O. The zero-order valence-corrected chi connectivity index (χ0v) is 5.81. The Morgan fingerprint density at radius 1 is 1.56 bits per heavy atom. The van der Waals surface area contributed by atoms with Crippen molar-refractivity contribution in [3.05, 3.63) is 0 Å². The van der Waals surface area contributed by atoms with E-state index in [0.717, 1.165) is 0 Å². The fraction of sp³-hybridized carbons (Fsp3) is 0.750. The third-order valence-corrected chi connectivity index (χ3v) is 2.63. The van der Waals surface area contributed by atoms with Gasteiger partial charge in [-0.3, -0.25) is 4.79 Å². The van der Waals surface area contributed by atoms with Crippen LogP contribution < -0.4 is 0 Å². The van der Waals surface area contributed by atoms with E-state index in [9.17, 15) is 13.2 Å². The summed E-state index contributed by atoms with van der Waals surface area (Å²) in [6.07, 6.45) is 0. The molecule has 52 valence electrons. The van der Waals surface area contributed by atoms with Gasteiger partial charge in [-0.2, -0.15) is 0 Å². The highest BCUT2D eigenvalue weighted by molar-refractivity contribution is 7.92. The Labute approximate surface area is 53.4 Å². The number of hydrogen-bond donors (Lipinski definition) is 0. The van der Waals surface area contributed by atoms with Gasteiger partial charge < -0.3 is 4.90 Å². The average Bonchev–Trinajstić information content (AvgIpc) is 1.79. The molecule has 1 saturated heterocycles. The highest BCUT2D eigenvalue weighted by Gasteiger charge is 2.29. The molecule has 1 rings (SSSR count). The molecule has 1 heterocycles. The van der Waals surface area contributed by atoms with Crippen molar-refractivity contribution in [1.29, 1.82) is 0 Å². The van der Waals surface area contributed by atoms with Crippen molar-refractivity contribution in [2.75, 3.05) is 18.7 Å². The minimum absolute atomic E-state index is 0.119. The lowest BCUT2D eigenvalue weighted by Gasteiger charge is -2.01. The maximum Gasteiger partial charge on any atom is 0.238 e. The van der Waals surface area contributed by atoms with Gasteiger partial charge in [-0.15, -0.1) is 0 Å². The molecule has 9 heavy (non-hydrogen) atoms. The van der Waals surface area contributed by atoms with Crippen molar-refractivity contribution in [2.45, 2.75) is 0 Å². The van der Waals surface area contributed by atoms with E-state index in [-0.39, 0.29) is 17.5 Å². The molecule has 0 aromatic rings. The molecule has 0 aliphatic carbocycles. The van der Waals surface area contributed by atoms with Gasteiger partial charge in [-0.25, -0.2) is 8.42 Å². The van der Waals surface area contributed by atoms with Crippen LogP contribution in [0.5, 0.6) is 0 Å². The van der Waals surface area contributed by atoms with Gasteiger partial charge in [0.1, 0.15) is 11.6 Å². The molecule has 0 atom stereocenters. The third-order valence-electron chi connectivity index (χ3n) is 1.16. The van der Waals surface area contributed by atoms with Gasteiger partial charge in [0.05, 0.1) is 0 Å². The Hall–Kier alpha value is -0.580. The van der Waals surface area contributed by atoms with E-state index in [1.807, 2.05) is 0 Å². The van der Waals surface area contributed by atoms with E-state index in [2.05, 4.69) is 0 Å². The molecule has 1 amide bonds. The van der Waals surface area contributed by atoms with Crippen LogP contribution in [0.15, 0.2) is 0 Å². The number of hydrogen-bond acceptors (Lipinski definition) is 3. The fourth-order valence-electron chi connectivity index (χ4n) is 0.711. The Balaban J connectivity index is 2.90. The van der Waals surface area contributed by atoms with Gasteiger partial charge in [0, 0.05) is 7.05 Å². The lowest BCUT2D eigenvalue weighted by atomic mass is 10.6. The molecule has 0 aromatic heterocycles. The van der Waals surface area contributed by atoms with E-state index >= 15 is 0 Å². The maximum absolute atomic E-state index is 10.6. The molecule has 0 spiro atoms. The number of amides is 1. The molecule has 1 aliphatic heterocycles.